The third-order valence-electron chi connectivity index (χ3n) is 2.82. The summed E-state index contributed by atoms with van der Waals surface area (Å²) in [7, 11) is 0. The predicted octanol–water partition coefficient (Wildman–Crippen LogP) is 4.05. The number of halogens is 1. The van der Waals surface area contributed by atoms with Crippen molar-refractivity contribution in [1.29, 1.82) is 0 Å². The molecule has 0 spiro atoms. The molecule has 2 nitrogen and oxygen atoms in total. The molecule has 3 heteroatoms. The van der Waals surface area contributed by atoms with Crippen molar-refractivity contribution in [3.63, 3.8) is 0 Å². The highest BCUT2D eigenvalue weighted by Crippen LogP contribution is 2.23. The normalized spacial score (nSPS) is 12.8. The first-order valence-corrected chi connectivity index (χ1v) is 7.04. The van der Waals surface area contributed by atoms with E-state index in [0.717, 1.165) is 35.8 Å². The zero-order chi connectivity index (χ0) is 13.5. The molecule has 1 rings (SSSR count). The maximum absolute atomic E-state index is 6.01. The molecule has 0 aliphatic heterocycles. The van der Waals surface area contributed by atoms with E-state index in [1.807, 2.05) is 25.1 Å². The summed E-state index contributed by atoms with van der Waals surface area (Å²) in [5.41, 5.74) is 1.13. The van der Waals surface area contributed by atoms with Crippen LogP contribution in [0.1, 0.15) is 32.8 Å². The average Bonchev–Trinajstić information content (AvgIpc) is 2.32. The van der Waals surface area contributed by atoms with Gasteiger partial charge in [0.25, 0.3) is 0 Å². The van der Waals surface area contributed by atoms with Crippen molar-refractivity contribution in [3.05, 3.63) is 28.8 Å². The molecule has 0 heterocycles. The highest BCUT2D eigenvalue weighted by atomic mass is 35.5. The topological polar surface area (TPSA) is 21.3 Å². The first kappa shape index (κ1) is 15.3. The van der Waals surface area contributed by atoms with Gasteiger partial charge >= 0.3 is 0 Å². The lowest BCUT2D eigenvalue weighted by molar-refractivity contribution is 0.191. The van der Waals surface area contributed by atoms with Crippen LogP contribution in [-0.4, -0.2) is 19.2 Å². The third-order valence-corrected chi connectivity index (χ3v) is 3.06. The monoisotopic (exact) mass is 269 g/mol. The van der Waals surface area contributed by atoms with Gasteiger partial charge in [-0.25, -0.2) is 0 Å². The largest absolute Gasteiger partial charge is 0.489 e. The molecule has 1 aromatic carbocycles. The Morgan fingerprint density at radius 1 is 1.28 bits per heavy atom. The van der Waals surface area contributed by atoms with Crippen LogP contribution >= 0.6 is 11.6 Å². The highest BCUT2D eigenvalue weighted by Gasteiger charge is 2.10. The summed E-state index contributed by atoms with van der Waals surface area (Å²) >= 11 is 5.99. The molecule has 1 N–H and O–H groups in total. The Balaban J connectivity index is 2.54. The number of ether oxygens (including phenoxy) is 1. The standard InChI is InChI=1S/C15H24ClNO/c1-5-14(10-17-9-11(2)3)18-15-8-13(16)7-6-12(15)4/h6-8,11,14,17H,5,9-10H2,1-4H3. The van der Waals surface area contributed by atoms with Gasteiger partial charge in [-0.15, -0.1) is 0 Å². The van der Waals surface area contributed by atoms with E-state index < -0.39 is 0 Å². The molecule has 102 valence electrons. The molecule has 0 amide bonds. The number of benzene rings is 1. The fourth-order valence-electron chi connectivity index (χ4n) is 1.68. The molecule has 0 aliphatic carbocycles. The highest BCUT2D eigenvalue weighted by molar-refractivity contribution is 6.30. The van der Waals surface area contributed by atoms with Crippen LogP contribution in [0.15, 0.2) is 18.2 Å². The fraction of sp³-hybridized carbons (Fsp3) is 0.600. The third kappa shape index (κ3) is 5.28. The molecule has 0 aliphatic rings. The minimum Gasteiger partial charge on any atom is -0.489 e. The summed E-state index contributed by atoms with van der Waals surface area (Å²) in [5.74, 6) is 1.55. The second-order valence-corrected chi connectivity index (χ2v) is 5.55. The Bertz CT molecular complexity index is 366. The van der Waals surface area contributed by atoms with Crippen molar-refractivity contribution in [2.75, 3.05) is 13.1 Å². The van der Waals surface area contributed by atoms with Gasteiger partial charge in [-0.3, -0.25) is 0 Å². The molecule has 0 aromatic heterocycles. The predicted molar refractivity (Wildman–Crippen MR) is 78.6 cm³/mol. The zero-order valence-corrected chi connectivity index (χ0v) is 12.6. The van der Waals surface area contributed by atoms with Crippen LogP contribution < -0.4 is 10.1 Å². The second-order valence-electron chi connectivity index (χ2n) is 5.11. The Kier molecular flexibility index (Phi) is 6.51. The minimum atomic E-state index is 0.195. The van der Waals surface area contributed by atoms with E-state index in [0.29, 0.717) is 5.92 Å². The quantitative estimate of drug-likeness (QED) is 0.806. The lowest BCUT2D eigenvalue weighted by atomic mass is 10.2. The Labute approximate surface area is 116 Å². The molecule has 0 saturated heterocycles. The van der Waals surface area contributed by atoms with Gasteiger partial charge in [-0.05, 0) is 43.5 Å². The fourth-order valence-corrected chi connectivity index (χ4v) is 1.84. The molecule has 1 unspecified atom stereocenters. The van der Waals surface area contributed by atoms with Crippen molar-refractivity contribution in [2.24, 2.45) is 5.92 Å². The summed E-state index contributed by atoms with van der Waals surface area (Å²) in [6.07, 6.45) is 1.18. The average molecular weight is 270 g/mol. The van der Waals surface area contributed by atoms with Crippen LogP contribution in [0, 0.1) is 12.8 Å². The van der Waals surface area contributed by atoms with Crippen LogP contribution in [0.2, 0.25) is 5.02 Å². The van der Waals surface area contributed by atoms with E-state index in [1.54, 1.807) is 0 Å². The molecule has 0 bridgehead atoms. The van der Waals surface area contributed by atoms with Crippen molar-refractivity contribution in [1.82, 2.24) is 5.32 Å². The van der Waals surface area contributed by atoms with E-state index in [4.69, 9.17) is 16.3 Å². The van der Waals surface area contributed by atoms with Crippen LogP contribution in [-0.2, 0) is 0 Å². The Morgan fingerprint density at radius 3 is 2.61 bits per heavy atom. The SMILES string of the molecule is CCC(CNCC(C)C)Oc1cc(Cl)ccc1C. The zero-order valence-electron chi connectivity index (χ0n) is 11.8. The summed E-state index contributed by atoms with van der Waals surface area (Å²) in [6, 6.07) is 5.77. The molecular formula is C15H24ClNO. The molecule has 0 saturated carbocycles. The summed E-state index contributed by atoms with van der Waals surface area (Å²) in [6.45, 7) is 10.5. The van der Waals surface area contributed by atoms with Crippen molar-refractivity contribution in [3.8, 4) is 5.75 Å². The first-order chi connectivity index (χ1) is 8.52. The Morgan fingerprint density at radius 2 is 2.00 bits per heavy atom. The number of hydrogen-bond acceptors (Lipinski definition) is 2. The number of hydrogen-bond donors (Lipinski definition) is 1. The van der Waals surface area contributed by atoms with E-state index in [1.165, 1.54) is 0 Å². The van der Waals surface area contributed by atoms with Gasteiger partial charge < -0.3 is 10.1 Å². The van der Waals surface area contributed by atoms with Gasteiger partial charge in [0.2, 0.25) is 0 Å². The van der Waals surface area contributed by atoms with Gasteiger partial charge in [-0.1, -0.05) is 38.4 Å². The van der Waals surface area contributed by atoms with Gasteiger partial charge in [0.1, 0.15) is 11.9 Å². The lowest BCUT2D eigenvalue weighted by Crippen LogP contribution is -2.33. The van der Waals surface area contributed by atoms with E-state index in [9.17, 15) is 0 Å². The number of aryl methyl sites for hydroxylation is 1. The van der Waals surface area contributed by atoms with E-state index in [-0.39, 0.29) is 6.10 Å². The number of nitrogens with one attached hydrogen (secondary N) is 1. The van der Waals surface area contributed by atoms with Gasteiger partial charge in [-0.2, -0.15) is 0 Å². The smallest absolute Gasteiger partial charge is 0.124 e. The van der Waals surface area contributed by atoms with Crippen LogP contribution in [0.25, 0.3) is 0 Å². The first-order valence-electron chi connectivity index (χ1n) is 6.66. The maximum Gasteiger partial charge on any atom is 0.124 e. The van der Waals surface area contributed by atoms with Crippen LogP contribution in [0.3, 0.4) is 0 Å². The minimum absolute atomic E-state index is 0.195. The number of rotatable bonds is 7. The van der Waals surface area contributed by atoms with Crippen LogP contribution in [0.4, 0.5) is 0 Å². The van der Waals surface area contributed by atoms with Crippen molar-refractivity contribution >= 4 is 11.6 Å². The molecule has 0 fully saturated rings. The molecule has 1 atom stereocenters. The van der Waals surface area contributed by atoms with Gasteiger partial charge in [0.15, 0.2) is 0 Å². The van der Waals surface area contributed by atoms with Crippen LogP contribution in [0.5, 0.6) is 5.75 Å². The molecule has 0 radical (unpaired) electrons. The van der Waals surface area contributed by atoms with E-state index >= 15 is 0 Å². The van der Waals surface area contributed by atoms with Gasteiger partial charge in [0, 0.05) is 11.6 Å². The van der Waals surface area contributed by atoms with Crippen molar-refractivity contribution in [2.45, 2.75) is 40.2 Å². The lowest BCUT2D eigenvalue weighted by Gasteiger charge is -2.20. The summed E-state index contributed by atoms with van der Waals surface area (Å²) < 4.78 is 6.01. The molecule has 18 heavy (non-hydrogen) atoms. The van der Waals surface area contributed by atoms with E-state index in [2.05, 4.69) is 26.1 Å². The van der Waals surface area contributed by atoms with Gasteiger partial charge in [0.05, 0.1) is 0 Å². The maximum atomic E-state index is 6.01. The summed E-state index contributed by atoms with van der Waals surface area (Å²) in [5, 5.41) is 4.15. The molecular weight excluding hydrogens is 246 g/mol. The summed E-state index contributed by atoms with van der Waals surface area (Å²) in [4.78, 5) is 0. The molecule has 1 aromatic rings. The Hall–Kier alpha value is -0.730. The second kappa shape index (κ2) is 7.65. The van der Waals surface area contributed by atoms with Crippen molar-refractivity contribution < 1.29 is 4.74 Å².